The lowest BCUT2D eigenvalue weighted by Gasteiger charge is -2.06. The molecule has 0 fully saturated rings. The van der Waals surface area contributed by atoms with E-state index in [1.165, 1.54) is 6.07 Å². The maximum Gasteiger partial charge on any atom is 0.307 e. The number of carboxylic acid groups (broad SMARTS) is 1. The van der Waals surface area contributed by atoms with Crippen molar-refractivity contribution < 1.29 is 19.8 Å². The van der Waals surface area contributed by atoms with Gasteiger partial charge in [-0.3, -0.25) is 9.59 Å². The highest BCUT2D eigenvalue weighted by Crippen LogP contribution is 2.24. The van der Waals surface area contributed by atoms with Gasteiger partial charge in [-0.2, -0.15) is 0 Å². The Hall–Kier alpha value is -1.84. The number of hydrogen-bond acceptors (Lipinski definition) is 3. The normalized spacial score (nSPS) is 9.79. The summed E-state index contributed by atoms with van der Waals surface area (Å²) in [5.41, 5.74) is 0.948. The van der Waals surface area contributed by atoms with Crippen LogP contribution in [0.5, 0.6) is 5.75 Å². The van der Waals surface area contributed by atoms with Crippen LogP contribution in [-0.2, 0) is 11.2 Å². The smallest absolute Gasteiger partial charge is 0.307 e. The van der Waals surface area contributed by atoms with Crippen molar-refractivity contribution >= 4 is 12.3 Å². The standard InChI is InChI=1S/C10H10O4/c1-6-2-3-7(4-9(12)13)8(5-11)10(6)14/h2-3,5,14H,4H2,1H3,(H,12,13). The molecule has 1 rings (SSSR count). The van der Waals surface area contributed by atoms with Crippen LogP contribution in [0.2, 0.25) is 0 Å². The molecule has 0 amide bonds. The molecule has 0 aliphatic heterocycles. The van der Waals surface area contributed by atoms with Gasteiger partial charge in [0, 0.05) is 0 Å². The monoisotopic (exact) mass is 194 g/mol. The maximum atomic E-state index is 10.6. The summed E-state index contributed by atoms with van der Waals surface area (Å²) in [6.45, 7) is 1.65. The molecular formula is C10H10O4. The minimum atomic E-state index is -1.03. The molecule has 1 aromatic rings. The largest absolute Gasteiger partial charge is 0.507 e. The molecule has 0 radical (unpaired) electrons. The Balaban J connectivity index is 3.23. The first-order valence-electron chi connectivity index (χ1n) is 4.04. The molecule has 0 aliphatic carbocycles. The van der Waals surface area contributed by atoms with E-state index in [-0.39, 0.29) is 17.7 Å². The number of phenols is 1. The average Bonchev–Trinajstić information content (AvgIpc) is 2.11. The molecule has 14 heavy (non-hydrogen) atoms. The molecule has 74 valence electrons. The third kappa shape index (κ3) is 1.90. The first-order valence-corrected chi connectivity index (χ1v) is 4.04. The number of phenolic OH excluding ortho intramolecular Hbond substituents is 1. The Morgan fingerprint density at radius 1 is 1.50 bits per heavy atom. The number of carbonyl (C=O) groups is 2. The van der Waals surface area contributed by atoms with Gasteiger partial charge in [0.1, 0.15) is 5.75 Å². The fraction of sp³-hybridized carbons (Fsp3) is 0.200. The summed E-state index contributed by atoms with van der Waals surface area (Å²) in [4.78, 5) is 21.1. The second-order valence-corrected chi connectivity index (χ2v) is 2.99. The highest BCUT2D eigenvalue weighted by Gasteiger charge is 2.11. The Labute approximate surface area is 80.8 Å². The second kappa shape index (κ2) is 3.91. The third-order valence-corrected chi connectivity index (χ3v) is 1.97. The number of carbonyl (C=O) groups excluding carboxylic acids is 1. The fourth-order valence-electron chi connectivity index (χ4n) is 1.21. The topological polar surface area (TPSA) is 74.6 Å². The van der Waals surface area contributed by atoms with Crippen molar-refractivity contribution in [1.82, 2.24) is 0 Å². The quantitative estimate of drug-likeness (QED) is 0.707. The third-order valence-electron chi connectivity index (χ3n) is 1.97. The molecule has 0 bridgehead atoms. The number of aliphatic carboxylic acids is 1. The predicted molar refractivity (Wildman–Crippen MR) is 49.6 cm³/mol. The first-order chi connectivity index (χ1) is 6.56. The van der Waals surface area contributed by atoms with Gasteiger partial charge >= 0.3 is 5.97 Å². The fourth-order valence-corrected chi connectivity index (χ4v) is 1.21. The zero-order valence-electron chi connectivity index (χ0n) is 7.65. The maximum absolute atomic E-state index is 10.6. The van der Waals surface area contributed by atoms with Gasteiger partial charge in [-0.1, -0.05) is 12.1 Å². The van der Waals surface area contributed by atoms with E-state index in [0.717, 1.165) is 0 Å². The van der Waals surface area contributed by atoms with E-state index in [1.807, 2.05) is 0 Å². The lowest BCUT2D eigenvalue weighted by Crippen LogP contribution is -2.03. The van der Waals surface area contributed by atoms with Gasteiger partial charge in [-0.15, -0.1) is 0 Å². The molecule has 4 nitrogen and oxygen atoms in total. The van der Waals surface area contributed by atoms with Crippen molar-refractivity contribution in [2.45, 2.75) is 13.3 Å². The van der Waals surface area contributed by atoms with E-state index < -0.39 is 5.97 Å². The Morgan fingerprint density at radius 3 is 2.64 bits per heavy atom. The molecule has 0 atom stereocenters. The van der Waals surface area contributed by atoms with Crippen LogP contribution in [0.15, 0.2) is 12.1 Å². The number of hydrogen-bond donors (Lipinski definition) is 2. The average molecular weight is 194 g/mol. The van der Waals surface area contributed by atoms with Crippen molar-refractivity contribution in [3.63, 3.8) is 0 Å². The lowest BCUT2D eigenvalue weighted by atomic mass is 10.0. The summed E-state index contributed by atoms with van der Waals surface area (Å²) < 4.78 is 0. The number of benzene rings is 1. The van der Waals surface area contributed by atoms with Crippen molar-refractivity contribution in [3.8, 4) is 5.75 Å². The summed E-state index contributed by atoms with van der Waals surface area (Å²) in [7, 11) is 0. The molecule has 0 unspecified atom stereocenters. The van der Waals surface area contributed by atoms with Crippen molar-refractivity contribution in [2.24, 2.45) is 0 Å². The van der Waals surface area contributed by atoms with E-state index in [4.69, 9.17) is 5.11 Å². The van der Waals surface area contributed by atoms with Gasteiger partial charge in [0.2, 0.25) is 0 Å². The highest BCUT2D eigenvalue weighted by atomic mass is 16.4. The van der Waals surface area contributed by atoms with Gasteiger partial charge in [-0.05, 0) is 18.1 Å². The molecule has 0 saturated carbocycles. The summed E-state index contributed by atoms with van der Waals surface area (Å²) in [6.07, 6.45) is 0.211. The van der Waals surface area contributed by atoms with Gasteiger partial charge in [0.25, 0.3) is 0 Å². The molecule has 0 aromatic heterocycles. The number of aldehydes is 1. The van der Waals surface area contributed by atoms with Crippen molar-refractivity contribution in [2.75, 3.05) is 0 Å². The van der Waals surface area contributed by atoms with Crippen molar-refractivity contribution in [1.29, 1.82) is 0 Å². The molecule has 0 aliphatic rings. The minimum absolute atomic E-state index is 0.0624. The lowest BCUT2D eigenvalue weighted by molar-refractivity contribution is -0.136. The molecule has 1 aromatic carbocycles. The number of carboxylic acids is 1. The van der Waals surface area contributed by atoms with E-state index >= 15 is 0 Å². The minimum Gasteiger partial charge on any atom is -0.507 e. The van der Waals surface area contributed by atoms with Crippen LogP contribution in [0.25, 0.3) is 0 Å². The van der Waals surface area contributed by atoms with Crippen LogP contribution in [0, 0.1) is 6.92 Å². The van der Waals surface area contributed by atoms with Crippen LogP contribution in [0.4, 0.5) is 0 Å². The number of rotatable bonds is 3. The SMILES string of the molecule is Cc1ccc(CC(=O)O)c(C=O)c1O. The Morgan fingerprint density at radius 2 is 2.14 bits per heavy atom. The molecule has 0 saturated heterocycles. The molecule has 4 heteroatoms. The summed E-state index contributed by atoms with van der Waals surface area (Å²) in [5.74, 6) is -1.17. The highest BCUT2D eigenvalue weighted by molar-refractivity contribution is 5.85. The number of aryl methyl sites for hydroxylation is 1. The molecule has 2 N–H and O–H groups in total. The van der Waals surface area contributed by atoms with E-state index in [9.17, 15) is 14.7 Å². The van der Waals surface area contributed by atoms with Gasteiger partial charge in [-0.25, -0.2) is 0 Å². The van der Waals surface area contributed by atoms with Crippen LogP contribution < -0.4 is 0 Å². The Bertz CT molecular complexity index is 382. The zero-order valence-corrected chi connectivity index (χ0v) is 7.65. The predicted octanol–water partition coefficient (Wildman–Crippen LogP) is 1.14. The summed E-state index contributed by atoms with van der Waals surface area (Å²) >= 11 is 0. The zero-order chi connectivity index (χ0) is 10.7. The summed E-state index contributed by atoms with van der Waals surface area (Å²) in [6, 6.07) is 3.12. The molecule has 0 heterocycles. The van der Waals surface area contributed by atoms with E-state index in [0.29, 0.717) is 17.4 Å². The van der Waals surface area contributed by atoms with Crippen molar-refractivity contribution in [3.05, 3.63) is 28.8 Å². The van der Waals surface area contributed by atoms with E-state index in [2.05, 4.69) is 0 Å². The van der Waals surface area contributed by atoms with Gasteiger partial charge in [0.05, 0.1) is 12.0 Å². The Kier molecular flexibility index (Phi) is 2.86. The van der Waals surface area contributed by atoms with Crippen LogP contribution >= 0.6 is 0 Å². The second-order valence-electron chi connectivity index (χ2n) is 2.99. The molecular weight excluding hydrogens is 184 g/mol. The summed E-state index contributed by atoms with van der Waals surface area (Å²) in [5, 5.41) is 18.0. The number of aromatic hydroxyl groups is 1. The van der Waals surface area contributed by atoms with Crippen LogP contribution in [0.3, 0.4) is 0 Å². The van der Waals surface area contributed by atoms with E-state index in [1.54, 1.807) is 13.0 Å². The van der Waals surface area contributed by atoms with Gasteiger partial charge < -0.3 is 10.2 Å². The molecule has 0 spiro atoms. The van der Waals surface area contributed by atoms with Crippen LogP contribution in [0.1, 0.15) is 21.5 Å². The van der Waals surface area contributed by atoms with Gasteiger partial charge in [0.15, 0.2) is 6.29 Å². The van der Waals surface area contributed by atoms with Crippen LogP contribution in [-0.4, -0.2) is 22.5 Å². The first kappa shape index (κ1) is 10.2.